The van der Waals surface area contributed by atoms with Gasteiger partial charge in [-0.15, -0.1) is 11.3 Å². The molecule has 0 fully saturated rings. The molecule has 0 saturated carbocycles. The lowest BCUT2D eigenvalue weighted by atomic mass is 10.4. The van der Waals surface area contributed by atoms with E-state index in [0.717, 1.165) is 15.3 Å². The fourth-order valence-electron chi connectivity index (χ4n) is 1.67. The van der Waals surface area contributed by atoms with E-state index in [1.807, 2.05) is 20.9 Å². The van der Waals surface area contributed by atoms with Gasteiger partial charge >= 0.3 is 0 Å². The van der Waals surface area contributed by atoms with Crippen molar-refractivity contribution in [3.8, 4) is 0 Å². The first-order chi connectivity index (χ1) is 8.28. The van der Waals surface area contributed by atoms with Crippen molar-refractivity contribution in [1.29, 1.82) is 0 Å². The lowest BCUT2D eigenvalue weighted by Crippen LogP contribution is -2.28. The molecule has 1 heterocycles. The second-order valence-electron chi connectivity index (χ2n) is 4.38. The lowest BCUT2D eigenvalue weighted by Gasteiger charge is -2.16. The number of rotatable bonds is 6. The van der Waals surface area contributed by atoms with Gasteiger partial charge in [0.1, 0.15) is 0 Å². The van der Waals surface area contributed by atoms with Gasteiger partial charge in [0.2, 0.25) is 10.0 Å². The Morgan fingerprint density at radius 3 is 2.67 bits per heavy atom. The van der Waals surface area contributed by atoms with Crippen molar-refractivity contribution in [2.24, 2.45) is 0 Å². The third-order valence-corrected chi connectivity index (χ3v) is 5.56. The van der Waals surface area contributed by atoms with Crippen LogP contribution in [0.5, 0.6) is 0 Å². The van der Waals surface area contributed by atoms with Gasteiger partial charge in [0.25, 0.3) is 0 Å². The summed E-state index contributed by atoms with van der Waals surface area (Å²) in [5.74, 6) is 0. The smallest absolute Gasteiger partial charge is 0.244 e. The molecule has 0 radical (unpaired) electrons. The number of nitrogens with one attached hydrogen (secondary N) is 1. The average molecular weight is 288 g/mol. The summed E-state index contributed by atoms with van der Waals surface area (Å²) >= 11 is 1.51. The van der Waals surface area contributed by atoms with Gasteiger partial charge in [-0.3, -0.25) is 0 Å². The van der Waals surface area contributed by atoms with Crippen LogP contribution in [0.4, 0.5) is 0 Å². The molecule has 4 nitrogen and oxygen atoms in total. The molecule has 0 aliphatic rings. The van der Waals surface area contributed by atoms with E-state index >= 15 is 0 Å². The molecular formula is C12H20N2O2S2. The first kappa shape index (κ1) is 15.4. The van der Waals surface area contributed by atoms with E-state index in [-0.39, 0.29) is 0 Å². The van der Waals surface area contributed by atoms with E-state index in [0.29, 0.717) is 18.0 Å². The fourth-order valence-corrected chi connectivity index (χ4v) is 4.52. The summed E-state index contributed by atoms with van der Waals surface area (Å²) < 4.78 is 26.1. The van der Waals surface area contributed by atoms with E-state index in [9.17, 15) is 8.42 Å². The molecule has 0 spiro atoms. The van der Waals surface area contributed by atoms with Gasteiger partial charge in [0.05, 0.1) is 4.90 Å². The zero-order valence-corrected chi connectivity index (χ0v) is 12.9. The molecule has 1 aromatic heterocycles. The van der Waals surface area contributed by atoms with Crippen LogP contribution in [0.25, 0.3) is 0 Å². The summed E-state index contributed by atoms with van der Waals surface area (Å²) in [4.78, 5) is 2.26. The molecule has 6 heteroatoms. The molecule has 0 aromatic carbocycles. The zero-order chi connectivity index (χ0) is 13.9. The molecule has 1 rings (SSSR count). The number of likely N-dealkylation sites (N-methyl/N-ethyl adjacent to an activating group) is 1. The van der Waals surface area contributed by atoms with Crippen molar-refractivity contribution in [3.63, 3.8) is 0 Å². The molecule has 18 heavy (non-hydrogen) atoms. The van der Waals surface area contributed by atoms with Gasteiger partial charge in [0, 0.05) is 29.9 Å². The molecule has 0 aliphatic carbocycles. The van der Waals surface area contributed by atoms with Crippen molar-refractivity contribution in [3.05, 3.63) is 28.0 Å². The largest absolute Gasteiger partial charge is 0.315 e. The van der Waals surface area contributed by atoms with E-state index in [4.69, 9.17) is 0 Å². The van der Waals surface area contributed by atoms with Crippen LogP contribution in [0.2, 0.25) is 0 Å². The third-order valence-electron chi connectivity index (χ3n) is 2.46. The molecule has 0 saturated heterocycles. The maximum Gasteiger partial charge on any atom is 0.244 e. The van der Waals surface area contributed by atoms with Crippen LogP contribution in [0.15, 0.2) is 23.1 Å². The second kappa shape index (κ2) is 5.97. The number of hydrogen-bond acceptors (Lipinski definition) is 4. The monoisotopic (exact) mass is 288 g/mol. The maximum absolute atomic E-state index is 12.4. The Labute approximate surface area is 113 Å². The molecule has 0 amide bonds. The zero-order valence-electron chi connectivity index (χ0n) is 11.3. The molecule has 0 atom stereocenters. The van der Waals surface area contributed by atoms with Crippen LogP contribution in [0.3, 0.4) is 0 Å². The second-order valence-corrected chi connectivity index (χ2v) is 7.74. The minimum Gasteiger partial charge on any atom is -0.315 e. The average Bonchev–Trinajstić information content (AvgIpc) is 2.59. The standard InChI is InChI=1S/C12H20N2O2S2/c1-9(2)8-14(5)18(15,16)12-6-11(7-13-4)17-10(12)3/h6,13H,1,7-8H2,2-5H3. The van der Waals surface area contributed by atoms with Gasteiger partial charge in [-0.05, 0) is 27.0 Å². The number of sulfonamides is 1. The topological polar surface area (TPSA) is 49.4 Å². The number of nitrogens with zero attached hydrogens (tertiary/aromatic N) is 1. The molecule has 1 aromatic rings. The molecule has 0 aliphatic heterocycles. The Balaban J connectivity index is 3.08. The fraction of sp³-hybridized carbons (Fsp3) is 0.500. The summed E-state index contributed by atoms with van der Waals surface area (Å²) in [5, 5.41) is 3.03. The Hall–Kier alpha value is -0.690. The highest BCUT2D eigenvalue weighted by Crippen LogP contribution is 2.27. The van der Waals surface area contributed by atoms with Crippen LogP contribution in [0, 0.1) is 6.92 Å². The maximum atomic E-state index is 12.4. The SMILES string of the molecule is C=C(C)CN(C)S(=O)(=O)c1cc(CNC)sc1C. The van der Waals surface area contributed by atoms with E-state index in [1.165, 1.54) is 15.6 Å². The highest BCUT2D eigenvalue weighted by molar-refractivity contribution is 7.89. The molecule has 102 valence electrons. The lowest BCUT2D eigenvalue weighted by molar-refractivity contribution is 0.493. The van der Waals surface area contributed by atoms with Gasteiger partial charge < -0.3 is 5.32 Å². The van der Waals surface area contributed by atoms with Gasteiger partial charge in [-0.1, -0.05) is 12.2 Å². The molecular weight excluding hydrogens is 268 g/mol. The van der Waals surface area contributed by atoms with Crippen LogP contribution in [-0.4, -0.2) is 33.4 Å². The van der Waals surface area contributed by atoms with Crippen molar-refractivity contribution in [2.45, 2.75) is 25.3 Å². The summed E-state index contributed by atoms with van der Waals surface area (Å²) in [6.45, 7) is 8.43. The minimum atomic E-state index is -3.41. The van der Waals surface area contributed by atoms with Gasteiger partial charge in [-0.2, -0.15) is 4.31 Å². The van der Waals surface area contributed by atoms with Crippen molar-refractivity contribution in [2.75, 3.05) is 20.6 Å². The van der Waals surface area contributed by atoms with Crippen molar-refractivity contribution >= 4 is 21.4 Å². The minimum absolute atomic E-state index is 0.346. The van der Waals surface area contributed by atoms with Gasteiger partial charge in [-0.25, -0.2) is 8.42 Å². The normalized spacial score (nSPS) is 12.1. The summed E-state index contributed by atoms with van der Waals surface area (Å²) in [7, 11) is 0.0188. The molecule has 1 N–H and O–H groups in total. The predicted molar refractivity (Wildman–Crippen MR) is 76.4 cm³/mol. The summed E-state index contributed by atoms with van der Waals surface area (Å²) in [6, 6.07) is 1.75. The Morgan fingerprint density at radius 2 is 2.17 bits per heavy atom. The molecule has 0 unspecified atom stereocenters. The third kappa shape index (κ3) is 3.41. The van der Waals surface area contributed by atoms with E-state index < -0.39 is 10.0 Å². The van der Waals surface area contributed by atoms with E-state index in [1.54, 1.807) is 13.1 Å². The Bertz CT molecular complexity index is 532. The summed E-state index contributed by atoms with van der Waals surface area (Å²) in [6.07, 6.45) is 0. The highest BCUT2D eigenvalue weighted by Gasteiger charge is 2.24. The van der Waals surface area contributed by atoms with Crippen LogP contribution < -0.4 is 5.32 Å². The number of aryl methyl sites for hydroxylation is 1. The van der Waals surface area contributed by atoms with Crippen molar-refractivity contribution < 1.29 is 8.42 Å². The first-order valence-corrected chi connectivity index (χ1v) is 7.89. The Morgan fingerprint density at radius 1 is 1.56 bits per heavy atom. The van der Waals surface area contributed by atoms with Gasteiger partial charge in [0.15, 0.2) is 0 Å². The Kier molecular flexibility index (Phi) is 5.10. The van der Waals surface area contributed by atoms with E-state index in [2.05, 4.69) is 11.9 Å². The number of thiophene rings is 1. The first-order valence-electron chi connectivity index (χ1n) is 5.63. The van der Waals surface area contributed by atoms with Crippen molar-refractivity contribution in [1.82, 2.24) is 9.62 Å². The van der Waals surface area contributed by atoms with Crippen LogP contribution >= 0.6 is 11.3 Å². The quantitative estimate of drug-likeness (QED) is 0.814. The molecule has 0 bridgehead atoms. The van der Waals surface area contributed by atoms with Crippen LogP contribution in [-0.2, 0) is 16.6 Å². The van der Waals surface area contributed by atoms with Crippen LogP contribution in [0.1, 0.15) is 16.7 Å². The number of hydrogen-bond donors (Lipinski definition) is 1. The summed E-state index contributed by atoms with van der Waals surface area (Å²) in [5.41, 5.74) is 0.824. The predicted octanol–water partition coefficient (Wildman–Crippen LogP) is 1.97. The highest BCUT2D eigenvalue weighted by atomic mass is 32.2.